The van der Waals surface area contributed by atoms with Crippen LogP contribution in [0.1, 0.15) is 0 Å². The van der Waals surface area contributed by atoms with Gasteiger partial charge in [-0.3, -0.25) is 0 Å². The lowest BCUT2D eigenvalue weighted by atomic mass is 10.2. The molecule has 0 aliphatic heterocycles. The van der Waals surface area contributed by atoms with Gasteiger partial charge in [0.2, 0.25) is 0 Å². The number of halogens is 2. The van der Waals surface area contributed by atoms with Gasteiger partial charge in [-0.2, -0.15) is 0 Å². The molecule has 0 aliphatic carbocycles. The van der Waals surface area contributed by atoms with Crippen molar-refractivity contribution in [1.82, 2.24) is 4.98 Å². The molecule has 0 bridgehead atoms. The summed E-state index contributed by atoms with van der Waals surface area (Å²) in [6.45, 7) is 0. The maximum atomic E-state index is 5.79. The fraction of sp³-hybridized carbons (Fsp3) is 0. The van der Waals surface area contributed by atoms with Crippen molar-refractivity contribution in [3.63, 3.8) is 0 Å². The van der Waals surface area contributed by atoms with Crippen LogP contribution in [0.4, 0.5) is 0 Å². The van der Waals surface area contributed by atoms with Gasteiger partial charge in [0, 0.05) is 15.9 Å². The first kappa shape index (κ1) is 7.19. The molecule has 0 radical (unpaired) electrons. The quantitative estimate of drug-likeness (QED) is 0.712. The predicted octanol–water partition coefficient (Wildman–Crippen LogP) is 3.58. The van der Waals surface area contributed by atoms with Gasteiger partial charge in [0.05, 0.1) is 4.60 Å². The summed E-state index contributed by atoms with van der Waals surface area (Å²) in [5, 5.41) is 1.92. The van der Waals surface area contributed by atoms with E-state index in [2.05, 4.69) is 20.9 Å². The van der Waals surface area contributed by atoms with Crippen molar-refractivity contribution in [2.75, 3.05) is 0 Å². The Morgan fingerprint density at radius 3 is 2.91 bits per heavy atom. The first-order chi connectivity index (χ1) is 5.25. The van der Waals surface area contributed by atoms with Gasteiger partial charge in [0.1, 0.15) is 0 Å². The zero-order chi connectivity index (χ0) is 7.84. The summed E-state index contributed by atoms with van der Waals surface area (Å²) in [6, 6.07) is 7.79. The third-order valence-corrected chi connectivity index (χ3v) is 2.21. The summed E-state index contributed by atoms with van der Waals surface area (Å²) >= 11 is 9.14. The summed E-state index contributed by atoms with van der Waals surface area (Å²) in [4.78, 5) is 3.13. The van der Waals surface area contributed by atoms with Gasteiger partial charge >= 0.3 is 0 Å². The molecule has 11 heavy (non-hydrogen) atoms. The molecule has 0 unspecified atom stereocenters. The summed E-state index contributed by atoms with van der Waals surface area (Å²) in [6.07, 6.45) is 0. The van der Waals surface area contributed by atoms with E-state index in [-0.39, 0.29) is 0 Å². The molecule has 3 heteroatoms. The van der Waals surface area contributed by atoms with Gasteiger partial charge in [-0.25, -0.2) is 0 Å². The van der Waals surface area contributed by atoms with Crippen LogP contribution in [0.25, 0.3) is 10.9 Å². The Labute approximate surface area is 77.5 Å². The van der Waals surface area contributed by atoms with E-state index in [1.54, 1.807) is 0 Å². The zero-order valence-corrected chi connectivity index (χ0v) is 7.91. The molecule has 0 aliphatic rings. The summed E-state index contributed by atoms with van der Waals surface area (Å²) in [7, 11) is 0. The Hall–Kier alpha value is -0.470. The van der Waals surface area contributed by atoms with Crippen LogP contribution in [0.15, 0.2) is 28.9 Å². The molecule has 1 aromatic heterocycles. The van der Waals surface area contributed by atoms with Crippen LogP contribution in [-0.2, 0) is 0 Å². The van der Waals surface area contributed by atoms with Crippen LogP contribution in [0.5, 0.6) is 0 Å². The Morgan fingerprint density at radius 1 is 1.27 bits per heavy atom. The van der Waals surface area contributed by atoms with E-state index in [1.807, 2.05) is 24.3 Å². The Kier molecular flexibility index (Phi) is 1.66. The Bertz CT molecular complexity index is 394. The fourth-order valence-corrected chi connectivity index (χ4v) is 1.70. The zero-order valence-electron chi connectivity index (χ0n) is 5.57. The van der Waals surface area contributed by atoms with E-state index in [9.17, 15) is 0 Å². The molecule has 0 fully saturated rings. The number of fused-ring (bicyclic) bond motifs is 1. The van der Waals surface area contributed by atoms with E-state index >= 15 is 0 Å². The highest BCUT2D eigenvalue weighted by Crippen LogP contribution is 2.22. The number of hydrogen-bond acceptors (Lipinski definition) is 0. The number of aromatic amines is 1. The standard InChI is InChI=1S/C8H5BrClN/c9-8-3-5-1-2-6(10)4-7(5)11-8/h1-4,11H. The van der Waals surface area contributed by atoms with Crippen LogP contribution in [0.3, 0.4) is 0 Å². The summed E-state index contributed by atoms with van der Waals surface area (Å²) in [5.41, 5.74) is 1.06. The topological polar surface area (TPSA) is 15.8 Å². The van der Waals surface area contributed by atoms with Crippen molar-refractivity contribution >= 4 is 38.4 Å². The smallest absolute Gasteiger partial charge is 0.0830 e. The molecule has 1 aromatic carbocycles. The van der Waals surface area contributed by atoms with Crippen molar-refractivity contribution < 1.29 is 0 Å². The highest BCUT2D eigenvalue weighted by molar-refractivity contribution is 9.10. The molecule has 1 N–H and O–H groups in total. The average molecular weight is 230 g/mol. The molecule has 1 nitrogen and oxygen atoms in total. The molecule has 0 saturated heterocycles. The Morgan fingerprint density at radius 2 is 2.09 bits per heavy atom. The molecule has 0 spiro atoms. The van der Waals surface area contributed by atoms with Gasteiger partial charge in [-0.1, -0.05) is 17.7 Å². The van der Waals surface area contributed by atoms with E-state index in [0.29, 0.717) is 0 Å². The lowest BCUT2D eigenvalue weighted by molar-refractivity contribution is 1.41. The molecule has 1 heterocycles. The number of benzene rings is 1. The van der Waals surface area contributed by atoms with Gasteiger partial charge in [0.25, 0.3) is 0 Å². The monoisotopic (exact) mass is 229 g/mol. The minimum atomic E-state index is 0.756. The molecule has 56 valence electrons. The van der Waals surface area contributed by atoms with Crippen molar-refractivity contribution in [3.05, 3.63) is 33.9 Å². The van der Waals surface area contributed by atoms with Crippen molar-refractivity contribution in [1.29, 1.82) is 0 Å². The average Bonchev–Trinajstić information content (AvgIpc) is 2.27. The lowest BCUT2D eigenvalue weighted by Gasteiger charge is -1.88. The minimum absolute atomic E-state index is 0.756. The molecule has 0 amide bonds. The maximum absolute atomic E-state index is 5.79. The number of aromatic nitrogens is 1. The molecular weight excluding hydrogens is 225 g/mol. The largest absolute Gasteiger partial charge is 0.349 e. The fourth-order valence-electron chi connectivity index (χ4n) is 1.06. The van der Waals surface area contributed by atoms with Gasteiger partial charge in [0.15, 0.2) is 0 Å². The SMILES string of the molecule is Clc1ccc2cc(Br)[nH]c2c1. The van der Waals surface area contributed by atoms with E-state index < -0.39 is 0 Å². The molecule has 0 atom stereocenters. The first-order valence-electron chi connectivity index (χ1n) is 3.19. The highest BCUT2D eigenvalue weighted by atomic mass is 79.9. The molecule has 2 aromatic rings. The van der Waals surface area contributed by atoms with Crippen LogP contribution in [0.2, 0.25) is 5.02 Å². The second kappa shape index (κ2) is 2.54. The number of nitrogens with one attached hydrogen (secondary N) is 1. The van der Waals surface area contributed by atoms with Crippen LogP contribution in [0, 0.1) is 0 Å². The minimum Gasteiger partial charge on any atom is -0.349 e. The summed E-state index contributed by atoms with van der Waals surface area (Å²) < 4.78 is 0.981. The highest BCUT2D eigenvalue weighted by Gasteiger charge is 1.97. The second-order valence-corrected chi connectivity index (χ2v) is 3.64. The number of hydrogen-bond donors (Lipinski definition) is 1. The first-order valence-corrected chi connectivity index (χ1v) is 4.36. The van der Waals surface area contributed by atoms with E-state index in [4.69, 9.17) is 11.6 Å². The third-order valence-electron chi connectivity index (χ3n) is 1.55. The van der Waals surface area contributed by atoms with Crippen molar-refractivity contribution in [2.45, 2.75) is 0 Å². The van der Waals surface area contributed by atoms with Crippen molar-refractivity contribution in [3.8, 4) is 0 Å². The Balaban J connectivity index is 2.82. The summed E-state index contributed by atoms with van der Waals surface area (Å²) in [5.74, 6) is 0. The molecule has 0 saturated carbocycles. The number of rotatable bonds is 0. The van der Waals surface area contributed by atoms with Crippen molar-refractivity contribution in [2.24, 2.45) is 0 Å². The predicted molar refractivity (Wildman–Crippen MR) is 51.0 cm³/mol. The molecule has 2 rings (SSSR count). The maximum Gasteiger partial charge on any atom is 0.0830 e. The van der Waals surface area contributed by atoms with Crippen LogP contribution >= 0.6 is 27.5 Å². The van der Waals surface area contributed by atoms with Gasteiger partial charge in [-0.15, -0.1) is 0 Å². The number of H-pyrrole nitrogens is 1. The normalized spacial score (nSPS) is 10.7. The third kappa shape index (κ3) is 1.28. The van der Waals surface area contributed by atoms with Crippen LogP contribution < -0.4 is 0 Å². The lowest BCUT2D eigenvalue weighted by Crippen LogP contribution is -1.66. The van der Waals surface area contributed by atoms with Gasteiger partial charge < -0.3 is 4.98 Å². The second-order valence-electron chi connectivity index (χ2n) is 2.35. The van der Waals surface area contributed by atoms with Gasteiger partial charge in [-0.05, 0) is 34.1 Å². The molecular formula is C8H5BrClN. The van der Waals surface area contributed by atoms with Crippen LogP contribution in [-0.4, -0.2) is 4.98 Å². The van der Waals surface area contributed by atoms with E-state index in [0.717, 1.165) is 15.1 Å². The van der Waals surface area contributed by atoms with E-state index in [1.165, 1.54) is 5.39 Å².